The Hall–Kier alpha value is -2.49. The van der Waals surface area contributed by atoms with E-state index in [2.05, 4.69) is 5.32 Å². The molecule has 2 aromatic carbocycles. The fourth-order valence-corrected chi connectivity index (χ4v) is 2.31. The average Bonchev–Trinajstić information content (AvgIpc) is 2.53. The van der Waals surface area contributed by atoms with E-state index in [0.717, 1.165) is 16.7 Å². The molecular weight excluding hydrogens is 278 g/mol. The summed E-state index contributed by atoms with van der Waals surface area (Å²) in [5.74, 6) is 1.03. The van der Waals surface area contributed by atoms with Gasteiger partial charge in [-0.3, -0.25) is 4.79 Å². The summed E-state index contributed by atoms with van der Waals surface area (Å²) in [7, 11) is 3.14. The lowest BCUT2D eigenvalue weighted by Crippen LogP contribution is -2.24. The van der Waals surface area contributed by atoms with Crippen LogP contribution in [0.1, 0.15) is 27.0 Å². The van der Waals surface area contributed by atoms with Gasteiger partial charge < -0.3 is 14.8 Å². The van der Waals surface area contributed by atoms with Gasteiger partial charge in [-0.25, -0.2) is 0 Å². The minimum atomic E-state index is -0.182. The summed E-state index contributed by atoms with van der Waals surface area (Å²) in [6.07, 6.45) is 0. The van der Waals surface area contributed by atoms with Gasteiger partial charge in [0, 0.05) is 6.54 Å². The Labute approximate surface area is 131 Å². The molecule has 4 heteroatoms. The Morgan fingerprint density at radius 1 is 1.00 bits per heavy atom. The molecule has 4 nitrogen and oxygen atoms in total. The summed E-state index contributed by atoms with van der Waals surface area (Å²) in [5, 5.41) is 2.93. The molecule has 0 atom stereocenters. The highest BCUT2D eigenvalue weighted by Gasteiger charge is 2.15. The molecule has 1 N–H and O–H groups in total. The van der Waals surface area contributed by atoms with E-state index in [4.69, 9.17) is 9.47 Å². The number of hydrogen-bond donors (Lipinski definition) is 1. The maximum Gasteiger partial charge on any atom is 0.255 e. The Morgan fingerprint density at radius 3 is 2.32 bits per heavy atom. The first-order valence-electron chi connectivity index (χ1n) is 7.12. The fraction of sp³-hybridized carbons (Fsp3) is 0.278. The van der Waals surface area contributed by atoms with E-state index in [9.17, 15) is 4.79 Å². The van der Waals surface area contributed by atoms with Crippen LogP contribution in [0.3, 0.4) is 0 Å². The van der Waals surface area contributed by atoms with E-state index in [1.807, 2.05) is 44.2 Å². The van der Waals surface area contributed by atoms with Crippen LogP contribution in [0.25, 0.3) is 0 Å². The summed E-state index contributed by atoms with van der Waals surface area (Å²) in [5.41, 5.74) is 3.64. The smallest absolute Gasteiger partial charge is 0.255 e. The fourth-order valence-electron chi connectivity index (χ4n) is 2.31. The number of aryl methyl sites for hydroxylation is 2. The number of nitrogens with one attached hydrogen (secondary N) is 1. The van der Waals surface area contributed by atoms with Crippen LogP contribution in [-0.2, 0) is 6.54 Å². The van der Waals surface area contributed by atoms with Gasteiger partial charge in [0.2, 0.25) is 0 Å². The van der Waals surface area contributed by atoms with E-state index in [0.29, 0.717) is 23.6 Å². The van der Waals surface area contributed by atoms with Gasteiger partial charge in [0.15, 0.2) is 0 Å². The Bertz CT molecular complexity index is 680. The minimum absolute atomic E-state index is 0.182. The average molecular weight is 299 g/mol. The molecule has 0 aliphatic carbocycles. The van der Waals surface area contributed by atoms with Gasteiger partial charge >= 0.3 is 0 Å². The van der Waals surface area contributed by atoms with Crippen molar-refractivity contribution in [2.24, 2.45) is 0 Å². The van der Waals surface area contributed by atoms with Crippen LogP contribution in [0.2, 0.25) is 0 Å². The van der Waals surface area contributed by atoms with Crippen LogP contribution in [0.15, 0.2) is 36.4 Å². The van der Waals surface area contributed by atoms with Crippen molar-refractivity contribution in [1.29, 1.82) is 0 Å². The first kappa shape index (κ1) is 15.9. The summed E-state index contributed by atoms with van der Waals surface area (Å²) in [6, 6.07) is 11.5. The number of ether oxygens (including phenoxy) is 2. The summed E-state index contributed by atoms with van der Waals surface area (Å²) in [4.78, 5) is 12.4. The molecule has 0 bridgehead atoms. The van der Waals surface area contributed by atoms with Gasteiger partial charge in [-0.05, 0) is 42.7 Å². The van der Waals surface area contributed by atoms with Crippen LogP contribution in [0.4, 0.5) is 0 Å². The van der Waals surface area contributed by atoms with E-state index in [1.54, 1.807) is 20.3 Å². The monoisotopic (exact) mass is 299 g/mol. The van der Waals surface area contributed by atoms with E-state index >= 15 is 0 Å². The largest absolute Gasteiger partial charge is 0.496 e. The van der Waals surface area contributed by atoms with Crippen LogP contribution in [0, 0.1) is 13.8 Å². The van der Waals surface area contributed by atoms with Crippen molar-refractivity contribution < 1.29 is 14.3 Å². The zero-order valence-corrected chi connectivity index (χ0v) is 13.4. The second-order valence-corrected chi connectivity index (χ2v) is 5.13. The van der Waals surface area contributed by atoms with Crippen molar-refractivity contribution in [3.05, 3.63) is 58.7 Å². The molecule has 0 fully saturated rings. The number of amides is 1. The van der Waals surface area contributed by atoms with Crippen LogP contribution in [0.5, 0.6) is 11.5 Å². The molecular formula is C18H21NO3. The molecule has 0 aliphatic rings. The molecule has 0 saturated heterocycles. The summed E-state index contributed by atoms with van der Waals surface area (Å²) >= 11 is 0. The molecule has 0 saturated carbocycles. The zero-order chi connectivity index (χ0) is 16.1. The topological polar surface area (TPSA) is 47.6 Å². The summed E-state index contributed by atoms with van der Waals surface area (Å²) in [6.45, 7) is 4.41. The van der Waals surface area contributed by atoms with Crippen molar-refractivity contribution in [3.8, 4) is 11.5 Å². The maximum absolute atomic E-state index is 12.4. The van der Waals surface area contributed by atoms with E-state index in [1.165, 1.54) is 0 Å². The molecule has 0 spiro atoms. The van der Waals surface area contributed by atoms with Crippen molar-refractivity contribution in [2.45, 2.75) is 20.4 Å². The molecule has 116 valence electrons. The lowest BCUT2D eigenvalue weighted by molar-refractivity contribution is 0.0947. The standard InChI is InChI=1S/C18H21NO3/c1-12-7-5-6-8-14(12)11-19-18(20)15-10-16(21-3)13(2)9-17(15)22-4/h5-10H,11H2,1-4H3,(H,19,20). The number of rotatable bonds is 5. The highest BCUT2D eigenvalue weighted by Crippen LogP contribution is 2.28. The normalized spacial score (nSPS) is 10.2. The lowest BCUT2D eigenvalue weighted by atomic mass is 10.1. The van der Waals surface area contributed by atoms with Crippen LogP contribution >= 0.6 is 0 Å². The zero-order valence-electron chi connectivity index (χ0n) is 13.4. The number of benzene rings is 2. The van der Waals surface area contributed by atoms with E-state index in [-0.39, 0.29) is 5.91 Å². The highest BCUT2D eigenvalue weighted by molar-refractivity contribution is 5.97. The van der Waals surface area contributed by atoms with Gasteiger partial charge in [0.25, 0.3) is 5.91 Å². The van der Waals surface area contributed by atoms with Crippen molar-refractivity contribution >= 4 is 5.91 Å². The molecule has 22 heavy (non-hydrogen) atoms. The third kappa shape index (κ3) is 3.39. The third-order valence-corrected chi connectivity index (χ3v) is 3.66. The van der Waals surface area contributed by atoms with Gasteiger partial charge in [-0.15, -0.1) is 0 Å². The molecule has 0 aromatic heterocycles. The molecule has 2 aromatic rings. The van der Waals surface area contributed by atoms with Gasteiger partial charge in [0.1, 0.15) is 11.5 Å². The lowest BCUT2D eigenvalue weighted by Gasteiger charge is -2.13. The van der Waals surface area contributed by atoms with Crippen LogP contribution in [-0.4, -0.2) is 20.1 Å². The number of methoxy groups -OCH3 is 2. The summed E-state index contributed by atoms with van der Waals surface area (Å²) < 4.78 is 10.6. The maximum atomic E-state index is 12.4. The first-order valence-corrected chi connectivity index (χ1v) is 7.12. The molecule has 0 unspecified atom stereocenters. The highest BCUT2D eigenvalue weighted by atomic mass is 16.5. The number of carbonyl (C=O) groups is 1. The van der Waals surface area contributed by atoms with Gasteiger partial charge in [-0.2, -0.15) is 0 Å². The van der Waals surface area contributed by atoms with Crippen molar-refractivity contribution in [1.82, 2.24) is 5.32 Å². The SMILES string of the molecule is COc1cc(C(=O)NCc2ccccc2C)c(OC)cc1C. The Kier molecular flexibility index (Phi) is 5.04. The molecule has 0 radical (unpaired) electrons. The number of hydrogen-bond acceptors (Lipinski definition) is 3. The Balaban J connectivity index is 2.20. The van der Waals surface area contributed by atoms with Gasteiger partial charge in [0.05, 0.1) is 19.8 Å². The van der Waals surface area contributed by atoms with E-state index < -0.39 is 0 Å². The quantitative estimate of drug-likeness (QED) is 0.922. The molecule has 0 heterocycles. The van der Waals surface area contributed by atoms with Gasteiger partial charge in [-0.1, -0.05) is 24.3 Å². The molecule has 2 rings (SSSR count). The predicted molar refractivity (Wildman–Crippen MR) is 86.6 cm³/mol. The second-order valence-electron chi connectivity index (χ2n) is 5.13. The number of carbonyl (C=O) groups excluding carboxylic acids is 1. The van der Waals surface area contributed by atoms with Crippen molar-refractivity contribution in [3.63, 3.8) is 0 Å². The Morgan fingerprint density at radius 2 is 1.68 bits per heavy atom. The first-order chi connectivity index (χ1) is 10.6. The van der Waals surface area contributed by atoms with Crippen molar-refractivity contribution in [2.75, 3.05) is 14.2 Å². The third-order valence-electron chi connectivity index (χ3n) is 3.66. The molecule has 1 amide bonds. The molecule has 0 aliphatic heterocycles. The minimum Gasteiger partial charge on any atom is -0.496 e. The predicted octanol–water partition coefficient (Wildman–Crippen LogP) is 3.25. The van der Waals surface area contributed by atoms with Crippen LogP contribution < -0.4 is 14.8 Å². The second kappa shape index (κ2) is 6.98.